The van der Waals surface area contributed by atoms with Crippen LogP contribution in [-0.4, -0.2) is 46.7 Å². The Bertz CT molecular complexity index is 591. The smallest absolute Gasteiger partial charge is 0.321 e. The lowest BCUT2D eigenvalue weighted by Gasteiger charge is -2.23. The van der Waals surface area contributed by atoms with Crippen LogP contribution in [0.1, 0.15) is 24.7 Å². The zero-order valence-corrected chi connectivity index (χ0v) is 12.5. The van der Waals surface area contributed by atoms with Crippen LogP contribution in [0.15, 0.2) is 4.90 Å². The number of rotatable bonds is 5. The first kappa shape index (κ1) is 15.6. The fourth-order valence-electron chi connectivity index (χ4n) is 2.03. The monoisotopic (exact) mass is 289 g/mol. The predicted molar refractivity (Wildman–Crippen MR) is 69.3 cm³/mol. The minimum absolute atomic E-state index is 0.0807. The van der Waals surface area contributed by atoms with Crippen molar-refractivity contribution in [3.05, 3.63) is 11.4 Å². The zero-order chi connectivity index (χ0) is 15.0. The molecule has 0 saturated carbocycles. The Balaban J connectivity index is 3.35. The summed E-state index contributed by atoms with van der Waals surface area (Å²) in [6.07, 6.45) is 0.198. The van der Waals surface area contributed by atoms with Crippen LogP contribution in [0.3, 0.4) is 0 Å². The molecule has 1 unspecified atom stereocenters. The molecule has 0 aromatic carbocycles. The second kappa shape index (κ2) is 5.30. The molecule has 1 N–H and O–H groups in total. The largest absolute Gasteiger partial charge is 0.480 e. The Hall–Kier alpha value is -1.41. The fourth-order valence-corrected chi connectivity index (χ4v) is 3.81. The van der Waals surface area contributed by atoms with Crippen molar-refractivity contribution in [2.45, 2.75) is 38.1 Å². The van der Waals surface area contributed by atoms with Gasteiger partial charge in [-0.05, 0) is 20.3 Å². The van der Waals surface area contributed by atoms with Crippen LogP contribution in [-0.2, 0) is 21.9 Å². The molecule has 0 aliphatic heterocycles. The highest BCUT2D eigenvalue weighted by atomic mass is 32.2. The Morgan fingerprint density at radius 2 is 2.00 bits per heavy atom. The van der Waals surface area contributed by atoms with Crippen LogP contribution in [0.2, 0.25) is 0 Å². The van der Waals surface area contributed by atoms with E-state index in [0.29, 0.717) is 11.4 Å². The molecule has 0 radical (unpaired) electrons. The lowest BCUT2D eigenvalue weighted by Crippen LogP contribution is -2.42. The van der Waals surface area contributed by atoms with Gasteiger partial charge in [-0.3, -0.25) is 9.48 Å². The lowest BCUT2D eigenvalue weighted by atomic mass is 10.2. The zero-order valence-electron chi connectivity index (χ0n) is 11.7. The summed E-state index contributed by atoms with van der Waals surface area (Å²) in [5.41, 5.74) is 0.858. The van der Waals surface area contributed by atoms with Crippen molar-refractivity contribution >= 4 is 16.0 Å². The van der Waals surface area contributed by atoms with Gasteiger partial charge in [0.2, 0.25) is 10.0 Å². The van der Waals surface area contributed by atoms with E-state index >= 15 is 0 Å². The molecule has 7 nitrogen and oxygen atoms in total. The minimum Gasteiger partial charge on any atom is -0.480 e. The average molecular weight is 289 g/mol. The molecule has 0 bridgehead atoms. The van der Waals surface area contributed by atoms with Gasteiger partial charge in [-0.1, -0.05) is 6.92 Å². The van der Waals surface area contributed by atoms with Gasteiger partial charge in [0.05, 0.1) is 11.4 Å². The van der Waals surface area contributed by atoms with E-state index in [4.69, 9.17) is 5.11 Å². The topological polar surface area (TPSA) is 92.5 Å². The molecule has 1 aromatic rings. The fraction of sp³-hybridized carbons (Fsp3) is 0.636. The Kier molecular flexibility index (Phi) is 4.36. The average Bonchev–Trinajstić information content (AvgIpc) is 2.53. The second-order valence-electron chi connectivity index (χ2n) is 4.41. The third-order valence-electron chi connectivity index (χ3n) is 3.19. The summed E-state index contributed by atoms with van der Waals surface area (Å²) < 4.78 is 27.4. The van der Waals surface area contributed by atoms with Crippen LogP contribution < -0.4 is 0 Å². The Morgan fingerprint density at radius 1 is 1.47 bits per heavy atom. The first-order valence-electron chi connectivity index (χ1n) is 5.85. The quantitative estimate of drug-likeness (QED) is 0.853. The molecule has 0 saturated heterocycles. The molecule has 8 heteroatoms. The molecular formula is C11H19N3O4S. The van der Waals surface area contributed by atoms with E-state index in [2.05, 4.69) is 5.10 Å². The molecule has 19 heavy (non-hydrogen) atoms. The van der Waals surface area contributed by atoms with Crippen molar-refractivity contribution in [3.63, 3.8) is 0 Å². The molecule has 1 rings (SSSR count). The van der Waals surface area contributed by atoms with Gasteiger partial charge in [0.25, 0.3) is 0 Å². The van der Waals surface area contributed by atoms with Crippen molar-refractivity contribution in [1.82, 2.24) is 14.1 Å². The molecule has 1 atom stereocenters. The number of aromatic nitrogens is 2. The number of aryl methyl sites for hydroxylation is 2. The summed E-state index contributed by atoms with van der Waals surface area (Å²) in [5, 5.41) is 13.1. The summed E-state index contributed by atoms with van der Waals surface area (Å²) >= 11 is 0. The SMILES string of the molecule is CCC(C(=O)O)N(C)S(=O)(=O)c1c(C)nn(C)c1C. The van der Waals surface area contributed by atoms with Gasteiger partial charge in [-0.2, -0.15) is 9.40 Å². The van der Waals surface area contributed by atoms with Crippen LogP contribution in [0, 0.1) is 13.8 Å². The number of sulfonamides is 1. The van der Waals surface area contributed by atoms with Gasteiger partial charge in [-0.25, -0.2) is 8.42 Å². The van der Waals surface area contributed by atoms with Gasteiger partial charge in [0.15, 0.2) is 0 Å². The highest BCUT2D eigenvalue weighted by Gasteiger charge is 2.35. The maximum Gasteiger partial charge on any atom is 0.321 e. The summed E-state index contributed by atoms with van der Waals surface area (Å²) in [6.45, 7) is 4.87. The molecule has 0 fully saturated rings. The van der Waals surface area contributed by atoms with Crippen molar-refractivity contribution < 1.29 is 18.3 Å². The maximum atomic E-state index is 12.5. The number of likely N-dealkylation sites (N-methyl/N-ethyl adjacent to an activating group) is 1. The van der Waals surface area contributed by atoms with Crippen LogP contribution >= 0.6 is 0 Å². The van der Waals surface area contributed by atoms with E-state index in [9.17, 15) is 13.2 Å². The summed E-state index contributed by atoms with van der Waals surface area (Å²) in [4.78, 5) is 11.2. The summed E-state index contributed by atoms with van der Waals surface area (Å²) in [7, 11) is -0.937. The number of hydrogen-bond donors (Lipinski definition) is 1. The third kappa shape index (κ3) is 2.64. The van der Waals surface area contributed by atoms with Crippen molar-refractivity contribution in [1.29, 1.82) is 0 Å². The van der Waals surface area contributed by atoms with Gasteiger partial charge in [-0.15, -0.1) is 0 Å². The maximum absolute atomic E-state index is 12.5. The highest BCUT2D eigenvalue weighted by Crippen LogP contribution is 2.24. The predicted octanol–water partition coefficient (Wildman–Crippen LogP) is 0.521. The van der Waals surface area contributed by atoms with E-state index in [0.717, 1.165) is 4.31 Å². The minimum atomic E-state index is -3.87. The number of hydrogen-bond acceptors (Lipinski definition) is 4. The van der Waals surface area contributed by atoms with Crippen LogP contribution in [0.4, 0.5) is 0 Å². The Morgan fingerprint density at radius 3 is 2.32 bits per heavy atom. The van der Waals surface area contributed by atoms with Gasteiger partial charge in [0.1, 0.15) is 10.9 Å². The van der Waals surface area contributed by atoms with Gasteiger partial charge >= 0.3 is 5.97 Å². The van der Waals surface area contributed by atoms with E-state index in [1.54, 1.807) is 27.8 Å². The van der Waals surface area contributed by atoms with Crippen molar-refractivity contribution in [2.24, 2.45) is 7.05 Å². The summed E-state index contributed by atoms with van der Waals surface area (Å²) in [6, 6.07) is -1.08. The molecular weight excluding hydrogens is 270 g/mol. The lowest BCUT2D eigenvalue weighted by molar-refractivity contribution is -0.141. The molecule has 1 heterocycles. The van der Waals surface area contributed by atoms with E-state index in [-0.39, 0.29) is 11.3 Å². The molecule has 0 aliphatic carbocycles. The molecule has 1 aromatic heterocycles. The van der Waals surface area contributed by atoms with Crippen molar-refractivity contribution in [2.75, 3.05) is 7.05 Å². The van der Waals surface area contributed by atoms with E-state index in [1.807, 2.05) is 0 Å². The number of carbonyl (C=O) groups is 1. The van der Waals surface area contributed by atoms with Gasteiger partial charge < -0.3 is 5.11 Å². The molecule has 108 valence electrons. The number of nitrogens with zero attached hydrogens (tertiary/aromatic N) is 3. The first-order valence-corrected chi connectivity index (χ1v) is 7.29. The normalized spacial score (nSPS) is 13.8. The molecule has 0 spiro atoms. The van der Waals surface area contributed by atoms with Crippen molar-refractivity contribution in [3.8, 4) is 0 Å². The second-order valence-corrected chi connectivity index (χ2v) is 6.34. The first-order chi connectivity index (χ1) is 8.64. The number of aliphatic carboxylic acids is 1. The Labute approximate surface area is 112 Å². The molecule has 0 amide bonds. The molecule has 0 aliphatic rings. The van der Waals surface area contributed by atoms with Crippen LogP contribution in [0.25, 0.3) is 0 Å². The number of carboxylic acid groups (broad SMARTS) is 1. The van der Waals surface area contributed by atoms with Gasteiger partial charge in [0, 0.05) is 14.1 Å². The summed E-state index contributed by atoms with van der Waals surface area (Å²) in [5.74, 6) is -1.16. The van der Waals surface area contributed by atoms with E-state index < -0.39 is 22.0 Å². The number of carboxylic acids is 1. The van der Waals surface area contributed by atoms with E-state index in [1.165, 1.54) is 11.7 Å². The highest BCUT2D eigenvalue weighted by molar-refractivity contribution is 7.89. The van der Waals surface area contributed by atoms with Crippen LogP contribution in [0.5, 0.6) is 0 Å². The third-order valence-corrected chi connectivity index (χ3v) is 5.31. The standard InChI is InChI=1S/C11H19N3O4S/c1-6-9(11(15)16)14(5)19(17,18)10-7(2)12-13(4)8(10)3/h9H,6H2,1-5H3,(H,15,16).